The molecule has 0 bridgehead atoms. The molecule has 0 fully saturated rings. The standard InChI is InChI=1S/C23H18N4O4/c1-13-7-19-21(23(28)27(13)11-14-3-2-6-26-10-14)20(16(9-24)22(25)31-19)15-4-5-17-18(8-15)30-12-29-17/h2-8,10,20H,11-12,25H2,1H3/p+1. The van der Waals surface area contributed by atoms with Gasteiger partial charge in [-0.25, -0.2) is 4.98 Å². The highest BCUT2D eigenvalue weighted by Gasteiger charge is 2.35. The van der Waals surface area contributed by atoms with Crippen molar-refractivity contribution in [3.05, 3.63) is 93.0 Å². The first kappa shape index (κ1) is 18.8. The van der Waals surface area contributed by atoms with Crippen LogP contribution in [0.5, 0.6) is 17.2 Å². The summed E-state index contributed by atoms with van der Waals surface area (Å²) in [6.07, 6.45) is 3.65. The first-order chi connectivity index (χ1) is 15.1. The lowest BCUT2D eigenvalue weighted by Gasteiger charge is -2.27. The Morgan fingerprint density at radius 3 is 2.84 bits per heavy atom. The number of pyridine rings is 2. The maximum Gasteiger partial charge on any atom is 0.259 e. The third-order valence-electron chi connectivity index (χ3n) is 5.53. The second kappa shape index (κ2) is 7.22. The third kappa shape index (κ3) is 3.07. The minimum Gasteiger partial charge on any atom is -0.454 e. The van der Waals surface area contributed by atoms with Gasteiger partial charge in [-0.05, 0) is 30.7 Å². The van der Waals surface area contributed by atoms with Gasteiger partial charge in [0.05, 0.1) is 18.0 Å². The van der Waals surface area contributed by atoms with E-state index in [1.54, 1.807) is 22.8 Å². The highest BCUT2D eigenvalue weighted by Crippen LogP contribution is 2.43. The number of aromatic amines is 1. The number of rotatable bonds is 3. The molecule has 154 valence electrons. The lowest BCUT2D eigenvalue weighted by atomic mass is 9.84. The van der Waals surface area contributed by atoms with Crippen molar-refractivity contribution < 1.29 is 19.2 Å². The Balaban J connectivity index is 1.70. The predicted octanol–water partition coefficient (Wildman–Crippen LogP) is 1.97. The van der Waals surface area contributed by atoms with Crippen LogP contribution in [0.2, 0.25) is 0 Å². The molecular formula is C23H19N4O4+. The normalized spacial score (nSPS) is 16.5. The molecule has 1 aromatic carbocycles. The van der Waals surface area contributed by atoms with Gasteiger partial charge >= 0.3 is 0 Å². The fraction of sp³-hybridized carbons (Fsp3) is 0.174. The van der Waals surface area contributed by atoms with Crippen molar-refractivity contribution in [1.82, 2.24) is 4.57 Å². The zero-order chi connectivity index (χ0) is 21.5. The maximum atomic E-state index is 13.7. The lowest BCUT2D eigenvalue weighted by Crippen LogP contribution is -2.33. The molecule has 2 aliphatic rings. The maximum absolute atomic E-state index is 13.7. The van der Waals surface area contributed by atoms with Gasteiger partial charge in [-0.3, -0.25) is 4.79 Å². The zero-order valence-electron chi connectivity index (χ0n) is 16.7. The Morgan fingerprint density at radius 1 is 1.23 bits per heavy atom. The van der Waals surface area contributed by atoms with Gasteiger partial charge in [-0.15, -0.1) is 0 Å². The van der Waals surface area contributed by atoms with Gasteiger partial charge in [0.15, 0.2) is 23.9 Å². The molecule has 8 heteroatoms. The number of fused-ring (bicyclic) bond motifs is 2. The number of nitrogens with one attached hydrogen (secondary N) is 1. The number of benzene rings is 1. The van der Waals surface area contributed by atoms with Gasteiger partial charge in [0.25, 0.3) is 5.56 Å². The molecule has 3 aromatic rings. The molecule has 0 radical (unpaired) electrons. The highest BCUT2D eigenvalue weighted by molar-refractivity contribution is 5.57. The van der Waals surface area contributed by atoms with E-state index in [1.165, 1.54) is 0 Å². The topological polar surface area (TPSA) is 114 Å². The Morgan fingerprint density at radius 2 is 2.06 bits per heavy atom. The van der Waals surface area contributed by atoms with Crippen LogP contribution in [0.1, 0.15) is 28.3 Å². The van der Waals surface area contributed by atoms with E-state index in [0.29, 0.717) is 34.9 Å². The molecule has 0 spiro atoms. The lowest BCUT2D eigenvalue weighted by molar-refractivity contribution is -0.378. The third-order valence-corrected chi connectivity index (χ3v) is 5.53. The first-order valence-corrected chi connectivity index (χ1v) is 9.73. The van der Waals surface area contributed by atoms with Crippen molar-refractivity contribution in [3.63, 3.8) is 0 Å². The van der Waals surface area contributed by atoms with Gasteiger partial charge < -0.3 is 24.5 Å². The molecule has 31 heavy (non-hydrogen) atoms. The van der Waals surface area contributed by atoms with Gasteiger partial charge in [-0.2, -0.15) is 5.26 Å². The van der Waals surface area contributed by atoms with E-state index >= 15 is 0 Å². The molecule has 8 nitrogen and oxygen atoms in total. The van der Waals surface area contributed by atoms with Crippen LogP contribution in [-0.4, -0.2) is 11.4 Å². The molecule has 0 saturated carbocycles. The Bertz CT molecular complexity index is 1320. The number of aromatic nitrogens is 2. The first-order valence-electron chi connectivity index (χ1n) is 9.73. The summed E-state index contributed by atoms with van der Waals surface area (Å²) in [7, 11) is 0. The van der Waals surface area contributed by atoms with Crippen molar-refractivity contribution in [3.8, 4) is 23.3 Å². The van der Waals surface area contributed by atoms with Crippen LogP contribution in [-0.2, 0) is 6.54 Å². The number of hydrogen-bond donors (Lipinski definition) is 1. The van der Waals surface area contributed by atoms with Crippen LogP contribution >= 0.6 is 0 Å². The number of nitrogens with two attached hydrogens (primary N) is 1. The van der Waals surface area contributed by atoms with Crippen LogP contribution in [0.15, 0.2) is 65.0 Å². The van der Waals surface area contributed by atoms with E-state index in [1.807, 2.05) is 37.5 Å². The number of nitriles is 1. The summed E-state index contributed by atoms with van der Waals surface area (Å²) in [5.74, 6) is 0.858. The molecule has 1 atom stereocenters. The summed E-state index contributed by atoms with van der Waals surface area (Å²) in [5, 5.41) is 9.83. The average molecular weight is 415 g/mol. The van der Waals surface area contributed by atoms with E-state index in [-0.39, 0.29) is 23.8 Å². The van der Waals surface area contributed by atoms with E-state index in [0.717, 1.165) is 11.3 Å². The Kier molecular flexibility index (Phi) is 4.37. The Hall–Kier alpha value is -4.25. The minimum atomic E-state index is -0.676. The van der Waals surface area contributed by atoms with Crippen molar-refractivity contribution >= 4 is 0 Å². The molecule has 0 amide bonds. The van der Waals surface area contributed by atoms with Crippen molar-refractivity contribution in [2.75, 3.05) is 6.79 Å². The predicted molar refractivity (Wildman–Crippen MR) is 109 cm³/mol. The largest absolute Gasteiger partial charge is 0.454 e. The quantitative estimate of drug-likeness (QED) is 0.700. The summed E-state index contributed by atoms with van der Waals surface area (Å²) in [4.78, 5) is 16.7. The smallest absolute Gasteiger partial charge is 0.259 e. The van der Waals surface area contributed by atoms with Crippen LogP contribution in [0.4, 0.5) is 0 Å². The monoisotopic (exact) mass is 415 g/mol. The van der Waals surface area contributed by atoms with Crippen LogP contribution in [0.3, 0.4) is 0 Å². The second-order valence-corrected chi connectivity index (χ2v) is 7.40. The molecule has 4 heterocycles. The number of aryl methyl sites for hydroxylation is 1. The average Bonchev–Trinajstić information content (AvgIpc) is 3.24. The molecule has 5 rings (SSSR count). The van der Waals surface area contributed by atoms with Gasteiger partial charge in [0, 0.05) is 23.4 Å². The van der Waals surface area contributed by atoms with Crippen molar-refractivity contribution in [2.24, 2.45) is 5.73 Å². The summed E-state index contributed by atoms with van der Waals surface area (Å²) in [6, 6.07) is 13.1. The molecular weight excluding hydrogens is 396 g/mol. The fourth-order valence-electron chi connectivity index (χ4n) is 4.02. The van der Waals surface area contributed by atoms with Gasteiger partial charge in [0.2, 0.25) is 12.7 Å². The number of hydrogen-bond acceptors (Lipinski definition) is 6. The fourth-order valence-corrected chi connectivity index (χ4v) is 4.02. The number of allylic oxidation sites excluding steroid dienone is 1. The van der Waals surface area contributed by atoms with Crippen LogP contribution < -0.4 is 30.5 Å². The van der Waals surface area contributed by atoms with E-state index < -0.39 is 5.92 Å². The van der Waals surface area contributed by atoms with Crippen LogP contribution in [0, 0.1) is 18.3 Å². The van der Waals surface area contributed by atoms with Gasteiger partial charge in [0.1, 0.15) is 17.4 Å². The number of nitrogens with zero attached hydrogens (tertiary/aromatic N) is 2. The SMILES string of the molecule is Cc1cc2c(c(=O)n1Cc1ccc[nH+]c1)C(c1ccc3c(c1)OCO3)C(C#N)=C(N)O2. The summed E-state index contributed by atoms with van der Waals surface area (Å²) >= 11 is 0. The number of H-pyrrole nitrogens is 1. The molecule has 1 unspecified atom stereocenters. The molecule has 3 N–H and O–H groups in total. The summed E-state index contributed by atoms with van der Waals surface area (Å²) in [5.41, 5.74) is 8.77. The van der Waals surface area contributed by atoms with E-state index in [9.17, 15) is 10.1 Å². The highest BCUT2D eigenvalue weighted by atomic mass is 16.7. The van der Waals surface area contributed by atoms with Crippen molar-refractivity contribution in [2.45, 2.75) is 19.4 Å². The van der Waals surface area contributed by atoms with Crippen LogP contribution in [0.25, 0.3) is 0 Å². The minimum absolute atomic E-state index is 0.00752. The summed E-state index contributed by atoms with van der Waals surface area (Å²) < 4.78 is 18.3. The van der Waals surface area contributed by atoms with E-state index in [2.05, 4.69) is 11.1 Å². The number of ether oxygens (including phenoxy) is 3. The molecule has 2 aliphatic heterocycles. The van der Waals surface area contributed by atoms with Crippen molar-refractivity contribution in [1.29, 1.82) is 5.26 Å². The summed E-state index contributed by atoms with van der Waals surface area (Å²) in [6.45, 7) is 2.35. The molecule has 0 saturated heterocycles. The van der Waals surface area contributed by atoms with Gasteiger partial charge in [-0.1, -0.05) is 6.07 Å². The Labute approximate surface area is 177 Å². The molecule has 2 aromatic heterocycles. The molecule has 0 aliphatic carbocycles. The zero-order valence-corrected chi connectivity index (χ0v) is 16.7. The second-order valence-electron chi connectivity index (χ2n) is 7.40. The van der Waals surface area contributed by atoms with E-state index in [4.69, 9.17) is 19.9 Å².